The van der Waals surface area contributed by atoms with Crippen LogP contribution in [0.15, 0.2) is 72.8 Å². The molecule has 1 saturated heterocycles. The zero-order valence-corrected chi connectivity index (χ0v) is 26.0. The summed E-state index contributed by atoms with van der Waals surface area (Å²) in [5, 5.41) is 6.51. The third-order valence-electron chi connectivity index (χ3n) is 7.35. The van der Waals surface area contributed by atoms with Crippen molar-refractivity contribution in [1.82, 2.24) is 15.2 Å². The first-order valence-corrected chi connectivity index (χ1v) is 15.1. The molecule has 1 aromatic heterocycles. The van der Waals surface area contributed by atoms with Crippen molar-refractivity contribution >= 4 is 34.2 Å². The quantitative estimate of drug-likeness (QED) is 0.212. The number of nitrogens with one attached hydrogen (secondary N) is 2. The van der Waals surface area contributed by atoms with Crippen LogP contribution in [0.3, 0.4) is 0 Å². The first kappa shape index (κ1) is 31.3. The number of ether oxygens (including phenoxy) is 4. The molecule has 0 radical (unpaired) electrons. The van der Waals surface area contributed by atoms with E-state index in [1.165, 1.54) is 14.2 Å². The number of carbonyl (C=O) groups is 3. The first-order valence-electron chi connectivity index (χ1n) is 14.3. The lowest BCUT2D eigenvalue weighted by atomic mass is 10.2. The van der Waals surface area contributed by atoms with Crippen LogP contribution in [0.25, 0.3) is 0 Å². The van der Waals surface area contributed by atoms with Crippen molar-refractivity contribution in [2.24, 2.45) is 0 Å². The van der Waals surface area contributed by atoms with E-state index in [0.717, 1.165) is 28.9 Å². The molecule has 1 fully saturated rings. The van der Waals surface area contributed by atoms with E-state index in [-0.39, 0.29) is 23.8 Å². The highest BCUT2D eigenvalue weighted by Gasteiger charge is 2.35. The van der Waals surface area contributed by atoms with Gasteiger partial charge >= 0.3 is 6.09 Å². The largest absolute Gasteiger partial charge is 0.497 e. The van der Waals surface area contributed by atoms with Crippen LogP contribution < -0.4 is 24.8 Å². The van der Waals surface area contributed by atoms with Crippen molar-refractivity contribution < 1.29 is 33.3 Å². The Morgan fingerprint density at radius 1 is 0.911 bits per heavy atom. The number of thiazole rings is 1. The lowest BCUT2D eigenvalue weighted by molar-refractivity contribution is 0.0919. The molecule has 5 rings (SSSR count). The molecule has 1 aliphatic heterocycles. The van der Waals surface area contributed by atoms with Gasteiger partial charge in [0.15, 0.2) is 5.69 Å². The van der Waals surface area contributed by atoms with Gasteiger partial charge in [0.25, 0.3) is 11.8 Å². The third-order valence-corrected chi connectivity index (χ3v) is 8.42. The SMILES string of the molecule is COc1ccc(CNC(=O)c2nc([C@H]3CCCN3C(=O)OCc3ccccc3)sc2NC(=O)c2ccccc2OC)c(OC)c1. The van der Waals surface area contributed by atoms with Gasteiger partial charge in [0, 0.05) is 24.7 Å². The van der Waals surface area contributed by atoms with Gasteiger partial charge in [0.2, 0.25) is 0 Å². The minimum Gasteiger partial charge on any atom is -0.497 e. The van der Waals surface area contributed by atoms with E-state index < -0.39 is 23.9 Å². The number of nitrogens with zero attached hydrogens (tertiary/aromatic N) is 2. The number of aromatic nitrogens is 1. The summed E-state index contributed by atoms with van der Waals surface area (Å²) in [6.45, 7) is 0.767. The second kappa shape index (κ2) is 14.6. The predicted molar refractivity (Wildman–Crippen MR) is 169 cm³/mol. The van der Waals surface area contributed by atoms with Crippen LogP contribution in [0.4, 0.5) is 9.80 Å². The summed E-state index contributed by atoms with van der Waals surface area (Å²) in [6.07, 6.45) is 0.915. The maximum Gasteiger partial charge on any atom is 0.410 e. The topological polar surface area (TPSA) is 128 Å². The van der Waals surface area contributed by atoms with Crippen molar-refractivity contribution in [3.8, 4) is 17.2 Å². The molecule has 4 aromatic rings. The van der Waals surface area contributed by atoms with Crippen molar-refractivity contribution in [1.29, 1.82) is 0 Å². The molecule has 2 N–H and O–H groups in total. The monoisotopic (exact) mass is 630 g/mol. The van der Waals surface area contributed by atoms with Crippen LogP contribution in [-0.2, 0) is 17.9 Å². The predicted octanol–water partition coefficient (Wildman–Crippen LogP) is 5.82. The molecule has 12 heteroatoms. The van der Waals surface area contributed by atoms with Crippen LogP contribution in [0.2, 0.25) is 0 Å². The van der Waals surface area contributed by atoms with Gasteiger partial charge < -0.3 is 29.6 Å². The normalized spacial score (nSPS) is 14.0. The number of benzene rings is 3. The summed E-state index contributed by atoms with van der Waals surface area (Å²) in [5.74, 6) is 0.603. The summed E-state index contributed by atoms with van der Waals surface area (Å²) in [4.78, 5) is 46.4. The molecular formula is C33H34N4O7S. The van der Waals surface area contributed by atoms with Gasteiger partial charge in [-0.15, -0.1) is 0 Å². The van der Waals surface area contributed by atoms with E-state index in [2.05, 4.69) is 15.6 Å². The summed E-state index contributed by atoms with van der Waals surface area (Å²) >= 11 is 1.16. The minimum absolute atomic E-state index is 0.0372. The molecule has 0 spiro atoms. The summed E-state index contributed by atoms with van der Waals surface area (Å²) in [5.41, 5.74) is 1.95. The van der Waals surface area contributed by atoms with Gasteiger partial charge in [-0.3, -0.25) is 14.5 Å². The standard InChI is InChI=1S/C33H34N4O7S/c1-41-23-16-15-22(27(18-23)43-3)19-34-30(39)28-32(36-29(38)24-12-7-8-14-26(24)42-2)45-31(35-28)25-13-9-17-37(25)33(40)44-20-21-10-5-4-6-11-21/h4-8,10-12,14-16,18,25H,9,13,17,19-20H2,1-3H3,(H,34,39)(H,36,38)/t25-/m1/s1. The molecule has 3 amide bonds. The summed E-state index contributed by atoms with van der Waals surface area (Å²) in [7, 11) is 4.58. The van der Waals surface area contributed by atoms with Crippen molar-refractivity contribution in [3.63, 3.8) is 0 Å². The lowest BCUT2D eigenvalue weighted by Crippen LogP contribution is -2.31. The van der Waals surface area contributed by atoms with Crippen LogP contribution in [0.1, 0.15) is 55.9 Å². The zero-order valence-electron chi connectivity index (χ0n) is 25.2. The average molecular weight is 631 g/mol. The molecule has 0 bridgehead atoms. The van der Waals surface area contributed by atoms with E-state index in [9.17, 15) is 14.4 Å². The molecule has 0 saturated carbocycles. The Morgan fingerprint density at radius 2 is 1.67 bits per heavy atom. The Kier molecular flexibility index (Phi) is 10.2. The van der Waals surface area contributed by atoms with Gasteiger partial charge in [-0.05, 0) is 42.7 Å². The Morgan fingerprint density at radius 3 is 2.42 bits per heavy atom. The van der Waals surface area contributed by atoms with E-state index in [4.69, 9.17) is 18.9 Å². The fourth-order valence-corrected chi connectivity index (χ4v) is 6.13. The third kappa shape index (κ3) is 7.35. The maximum atomic E-state index is 13.6. The van der Waals surface area contributed by atoms with Gasteiger partial charge in [0.1, 0.15) is 33.9 Å². The van der Waals surface area contributed by atoms with Crippen LogP contribution >= 0.6 is 11.3 Å². The zero-order chi connectivity index (χ0) is 31.8. The van der Waals surface area contributed by atoms with Crippen molar-refractivity contribution in [2.45, 2.75) is 32.0 Å². The number of likely N-dealkylation sites (tertiary alicyclic amines) is 1. The summed E-state index contributed by atoms with van der Waals surface area (Å²) < 4.78 is 21.7. The Bertz CT molecular complexity index is 1660. The van der Waals surface area contributed by atoms with E-state index in [1.807, 2.05) is 30.3 Å². The Balaban J connectivity index is 1.39. The second-order valence-electron chi connectivity index (χ2n) is 10.1. The number of amides is 3. The number of carbonyl (C=O) groups excluding carboxylic acids is 3. The highest BCUT2D eigenvalue weighted by Crippen LogP contribution is 2.38. The highest BCUT2D eigenvalue weighted by molar-refractivity contribution is 7.16. The minimum atomic E-state index is -0.498. The Hall–Kier alpha value is -5.10. The average Bonchev–Trinajstić information content (AvgIpc) is 3.74. The fraction of sp³-hybridized carbons (Fsp3) is 0.273. The van der Waals surface area contributed by atoms with Crippen LogP contribution in [0.5, 0.6) is 17.2 Å². The van der Waals surface area contributed by atoms with E-state index in [1.54, 1.807) is 54.5 Å². The molecule has 1 atom stereocenters. The fourth-order valence-electron chi connectivity index (χ4n) is 5.02. The number of hydrogen-bond donors (Lipinski definition) is 2. The first-order chi connectivity index (χ1) is 21.9. The molecule has 0 aliphatic carbocycles. The number of para-hydroxylation sites is 1. The van der Waals surface area contributed by atoms with Crippen LogP contribution in [0, 0.1) is 0 Å². The smallest absolute Gasteiger partial charge is 0.410 e. The molecule has 234 valence electrons. The van der Waals surface area contributed by atoms with Crippen LogP contribution in [-0.4, -0.2) is 55.7 Å². The molecular weight excluding hydrogens is 596 g/mol. The van der Waals surface area contributed by atoms with Gasteiger partial charge in [-0.1, -0.05) is 53.8 Å². The van der Waals surface area contributed by atoms with E-state index in [0.29, 0.717) is 40.8 Å². The molecule has 11 nitrogen and oxygen atoms in total. The van der Waals surface area contributed by atoms with Gasteiger partial charge in [0.05, 0.1) is 32.9 Å². The van der Waals surface area contributed by atoms with Gasteiger partial charge in [-0.25, -0.2) is 9.78 Å². The van der Waals surface area contributed by atoms with Gasteiger partial charge in [-0.2, -0.15) is 0 Å². The van der Waals surface area contributed by atoms with Crippen molar-refractivity contribution in [3.05, 3.63) is 100 Å². The molecule has 3 aromatic carbocycles. The second-order valence-corrected chi connectivity index (χ2v) is 11.2. The Labute approximate surface area is 265 Å². The lowest BCUT2D eigenvalue weighted by Gasteiger charge is -2.22. The highest BCUT2D eigenvalue weighted by atomic mass is 32.1. The number of anilines is 1. The number of rotatable bonds is 11. The summed E-state index contributed by atoms with van der Waals surface area (Å²) in [6, 6.07) is 21.1. The van der Waals surface area contributed by atoms with Crippen molar-refractivity contribution in [2.75, 3.05) is 33.2 Å². The maximum absolute atomic E-state index is 13.6. The number of methoxy groups -OCH3 is 3. The molecule has 45 heavy (non-hydrogen) atoms. The molecule has 2 heterocycles. The number of hydrogen-bond acceptors (Lipinski definition) is 9. The van der Waals surface area contributed by atoms with E-state index >= 15 is 0 Å². The molecule has 1 aliphatic rings. The molecule has 0 unspecified atom stereocenters.